The summed E-state index contributed by atoms with van der Waals surface area (Å²) < 4.78 is 3.52. The molecule has 2 heterocycles. The lowest BCUT2D eigenvalue weighted by Crippen LogP contribution is -2.24. The summed E-state index contributed by atoms with van der Waals surface area (Å²) in [5.41, 5.74) is 3.15. The Morgan fingerprint density at radius 2 is 1.78 bits per heavy atom. The fraction of sp³-hybridized carbons (Fsp3) is 0.211. The molecule has 4 rings (SSSR count). The highest BCUT2D eigenvalue weighted by Crippen LogP contribution is 2.22. The predicted molar refractivity (Wildman–Crippen MR) is 100 cm³/mol. The number of para-hydroxylation sites is 1. The van der Waals surface area contributed by atoms with Gasteiger partial charge in [0, 0.05) is 6.04 Å². The summed E-state index contributed by atoms with van der Waals surface area (Å²) in [7, 11) is 2.07. The van der Waals surface area contributed by atoms with Gasteiger partial charge in [-0.3, -0.25) is 4.90 Å². The van der Waals surface area contributed by atoms with Gasteiger partial charge >= 0.3 is 0 Å². The van der Waals surface area contributed by atoms with Crippen LogP contribution >= 0.6 is 0 Å². The second-order valence-electron chi connectivity index (χ2n) is 6.37. The third-order valence-electron chi connectivity index (χ3n) is 4.65. The van der Waals surface area contributed by atoms with Crippen LogP contribution in [0.1, 0.15) is 24.4 Å². The molecule has 0 spiro atoms. The topological polar surface area (TPSA) is 77.6 Å². The molecule has 1 unspecified atom stereocenters. The lowest BCUT2D eigenvalue weighted by Gasteiger charge is -2.24. The summed E-state index contributed by atoms with van der Waals surface area (Å²) in [4.78, 5) is 6.20. The minimum Gasteiger partial charge on any atom is -0.292 e. The first-order valence-electron chi connectivity index (χ1n) is 8.70. The Hall–Kier alpha value is -3.39. The average Bonchev–Trinajstić information content (AvgIpc) is 3.40. The molecule has 0 bridgehead atoms. The molecule has 0 saturated heterocycles. The molecule has 2 aromatic carbocycles. The molecule has 8 nitrogen and oxygen atoms in total. The molecule has 8 heteroatoms. The Morgan fingerprint density at radius 1 is 1.00 bits per heavy atom. The molecule has 0 fully saturated rings. The summed E-state index contributed by atoms with van der Waals surface area (Å²) in [5.74, 6) is 0.801. The normalized spacial score (nSPS) is 12.4. The Balaban J connectivity index is 1.49. The van der Waals surface area contributed by atoms with Gasteiger partial charge in [-0.25, -0.2) is 9.67 Å². The van der Waals surface area contributed by atoms with Crippen molar-refractivity contribution in [1.29, 1.82) is 0 Å². The predicted octanol–water partition coefficient (Wildman–Crippen LogP) is 2.44. The van der Waals surface area contributed by atoms with Crippen LogP contribution in [0.3, 0.4) is 0 Å². The zero-order valence-corrected chi connectivity index (χ0v) is 15.2. The maximum absolute atomic E-state index is 4.20. The van der Waals surface area contributed by atoms with Gasteiger partial charge in [0.2, 0.25) is 0 Å². The molecule has 0 aliphatic heterocycles. The number of rotatable bonds is 6. The van der Waals surface area contributed by atoms with E-state index >= 15 is 0 Å². The van der Waals surface area contributed by atoms with Crippen molar-refractivity contribution in [3.63, 3.8) is 0 Å². The van der Waals surface area contributed by atoms with Crippen LogP contribution < -0.4 is 0 Å². The van der Waals surface area contributed by atoms with Gasteiger partial charge in [-0.05, 0) is 54.2 Å². The van der Waals surface area contributed by atoms with E-state index in [9.17, 15) is 0 Å². The van der Waals surface area contributed by atoms with E-state index < -0.39 is 0 Å². The van der Waals surface area contributed by atoms with Crippen LogP contribution in [0.4, 0.5) is 0 Å². The molecule has 4 aromatic rings. The molecule has 2 aromatic heterocycles. The number of nitrogens with zero attached hydrogens (tertiary/aromatic N) is 8. The standard InChI is InChI=1S/C19H20N8/c1-15(16-8-10-17(11-9-16)26-14-20-13-21-26)25(2)12-19-22-23-24-27(19)18-6-4-3-5-7-18/h3-11,13-15H,12H2,1-2H3. The number of tetrazole rings is 1. The second kappa shape index (κ2) is 7.46. The van der Waals surface area contributed by atoms with Crippen molar-refractivity contribution in [3.8, 4) is 11.4 Å². The van der Waals surface area contributed by atoms with Gasteiger partial charge in [0.25, 0.3) is 0 Å². The third kappa shape index (κ3) is 3.61. The maximum Gasteiger partial charge on any atom is 0.170 e. The largest absolute Gasteiger partial charge is 0.292 e. The van der Waals surface area contributed by atoms with E-state index in [2.05, 4.69) is 56.6 Å². The number of benzene rings is 2. The highest BCUT2D eigenvalue weighted by atomic mass is 15.5. The van der Waals surface area contributed by atoms with Crippen LogP contribution in [0.2, 0.25) is 0 Å². The molecule has 0 aliphatic carbocycles. The highest BCUT2D eigenvalue weighted by molar-refractivity contribution is 5.34. The number of hydrogen-bond donors (Lipinski definition) is 0. The van der Waals surface area contributed by atoms with Crippen molar-refractivity contribution in [3.05, 3.63) is 78.6 Å². The lowest BCUT2D eigenvalue weighted by atomic mass is 10.1. The van der Waals surface area contributed by atoms with Crippen molar-refractivity contribution in [2.75, 3.05) is 7.05 Å². The molecule has 0 saturated carbocycles. The minimum absolute atomic E-state index is 0.204. The molecule has 27 heavy (non-hydrogen) atoms. The van der Waals surface area contributed by atoms with Gasteiger partial charge < -0.3 is 0 Å². The zero-order chi connectivity index (χ0) is 18.6. The molecule has 136 valence electrons. The van der Waals surface area contributed by atoms with E-state index in [1.807, 2.05) is 42.5 Å². The van der Waals surface area contributed by atoms with Gasteiger partial charge in [0.15, 0.2) is 5.82 Å². The monoisotopic (exact) mass is 360 g/mol. The Labute approximate surface area is 157 Å². The van der Waals surface area contributed by atoms with E-state index in [4.69, 9.17) is 0 Å². The summed E-state index contributed by atoms with van der Waals surface area (Å²) in [6.45, 7) is 2.80. The molecule has 0 radical (unpaired) electrons. The smallest absolute Gasteiger partial charge is 0.170 e. The van der Waals surface area contributed by atoms with Crippen LogP contribution in [0.5, 0.6) is 0 Å². The Kier molecular flexibility index (Phi) is 4.71. The maximum atomic E-state index is 4.20. The summed E-state index contributed by atoms with van der Waals surface area (Å²) in [5, 5.41) is 16.3. The molecule has 1 atom stereocenters. The summed E-state index contributed by atoms with van der Waals surface area (Å²) in [6, 6.07) is 18.4. The van der Waals surface area contributed by atoms with Crippen LogP contribution in [-0.4, -0.2) is 46.9 Å². The van der Waals surface area contributed by atoms with Gasteiger partial charge in [-0.1, -0.05) is 30.3 Å². The van der Waals surface area contributed by atoms with E-state index in [1.165, 1.54) is 11.9 Å². The lowest BCUT2D eigenvalue weighted by molar-refractivity contribution is 0.245. The first kappa shape index (κ1) is 17.0. The number of hydrogen-bond acceptors (Lipinski definition) is 6. The van der Waals surface area contributed by atoms with Crippen LogP contribution in [-0.2, 0) is 6.54 Å². The first-order valence-corrected chi connectivity index (χ1v) is 8.70. The molecule has 0 aliphatic rings. The van der Waals surface area contributed by atoms with Crippen LogP contribution in [0.15, 0.2) is 67.3 Å². The Morgan fingerprint density at radius 3 is 2.48 bits per heavy atom. The summed E-state index contributed by atoms with van der Waals surface area (Å²) >= 11 is 0. The highest BCUT2D eigenvalue weighted by Gasteiger charge is 2.16. The molecular formula is C19H20N8. The van der Waals surface area contributed by atoms with Crippen LogP contribution in [0, 0.1) is 0 Å². The van der Waals surface area contributed by atoms with Crippen molar-refractivity contribution < 1.29 is 0 Å². The SMILES string of the molecule is CC(c1ccc(-n2cncn2)cc1)N(C)Cc1nnnn1-c1ccccc1. The first-order chi connectivity index (χ1) is 13.2. The van der Waals surface area contributed by atoms with Gasteiger partial charge in [0.1, 0.15) is 12.7 Å². The second-order valence-corrected chi connectivity index (χ2v) is 6.37. The van der Waals surface area contributed by atoms with E-state index in [-0.39, 0.29) is 6.04 Å². The third-order valence-corrected chi connectivity index (χ3v) is 4.65. The minimum atomic E-state index is 0.204. The van der Waals surface area contributed by atoms with Crippen molar-refractivity contribution in [1.82, 2.24) is 39.9 Å². The molecule has 0 N–H and O–H groups in total. The quantitative estimate of drug-likeness (QED) is 0.526. The van der Waals surface area contributed by atoms with Crippen molar-refractivity contribution in [2.45, 2.75) is 19.5 Å². The van der Waals surface area contributed by atoms with Gasteiger partial charge in [-0.15, -0.1) is 5.10 Å². The van der Waals surface area contributed by atoms with E-state index in [0.29, 0.717) is 6.54 Å². The van der Waals surface area contributed by atoms with E-state index in [1.54, 1.807) is 15.7 Å². The molecular weight excluding hydrogens is 340 g/mol. The van der Waals surface area contributed by atoms with E-state index in [0.717, 1.165) is 17.2 Å². The molecule has 0 amide bonds. The Bertz CT molecular complexity index is 976. The fourth-order valence-electron chi connectivity index (χ4n) is 2.94. The van der Waals surface area contributed by atoms with Gasteiger partial charge in [-0.2, -0.15) is 9.78 Å². The zero-order valence-electron chi connectivity index (χ0n) is 15.2. The van der Waals surface area contributed by atoms with Crippen LogP contribution in [0.25, 0.3) is 11.4 Å². The average molecular weight is 360 g/mol. The van der Waals surface area contributed by atoms with Crippen molar-refractivity contribution >= 4 is 0 Å². The van der Waals surface area contributed by atoms with Gasteiger partial charge in [0.05, 0.1) is 17.9 Å². The fourth-order valence-corrected chi connectivity index (χ4v) is 2.94. The number of aromatic nitrogens is 7. The summed E-state index contributed by atoms with van der Waals surface area (Å²) in [6.07, 6.45) is 3.22. The van der Waals surface area contributed by atoms with Crippen molar-refractivity contribution in [2.24, 2.45) is 0 Å².